The van der Waals surface area contributed by atoms with E-state index in [9.17, 15) is 19.5 Å². The van der Waals surface area contributed by atoms with Crippen molar-refractivity contribution in [3.63, 3.8) is 0 Å². The molecule has 1 aromatic carbocycles. The molecule has 33 heavy (non-hydrogen) atoms. The Morgan fingerprint density at radius 1 is 1.27 bits per heavy atom. The summed E-state index contributed by atoms with van der Waals surface area (Å²) >= 11 is 3.63. The second-order valence-electron chi connectivity index (χ2n) is 10.3. The Morgan fingerprint density at radius 3 is 2.52 bits per heavy atom. The molecular formula is C24H32BrN3O5. The van der Waals surface area contributed by atoms with E-state index < -0.39 is 41.2 Å². The second-order valence-corrected chi connectivity index (χ2v) is 11.5. The number of carbonyl (C=O) groups excluding carboxylic acids is 3. The van der Waals surface area contributed by atoms with Crippen LogP contribution in [-0.4, -0.2) is 75.5 Å². The number of hydrogen-bond acceptors (Lipinski definition) is 5. The van der Waals surface area contributed by atoms with Crippen molar-refractivity contribution in [1.29, 1.82) is 0 Å². The normalized spacial score (nSPS) is 33.7. The number of aliphatic hydroxyl groups is 1. The van der Waals surface area contributed by atoms with E-state index in [1.54, 1.807) is 0 Å². The van der Waals surface area contributed by atoms with Gasteiger partial charge in [0.2, 0.25) is 17.7 Å². The van der Waals surface area contributed by atoms with Crippen LogP contribution in [0.2, 0.25) is 0 Å². The average Bonchev–Trinajstić information content (AvgIpc) is 3.34. The van der Waals surface area contributed by atoms with Crippen molar-refractivity contribution in [2.75, 3.05) is 13.7 Å². The van der Waals surface area contributed by atoms with Gasteiger partial charge in [0.1, 0.15) is 11.6 Å². The first-order valence-electron chi connectivity index (χ1n) is 11.4. The van der Waals surface area contributed by atoms with Gasteiger partial charge in [-0.1, -0.05) is 46.3 Å². The van der Waals surface area contributed by atoms with Crippen molar-refractivity contribution in [3.8, 4) is 0 Å². The van der Waals surface area contributed by atoms with Crippen LogP contribution >= 0.6 is 15.9 Å². The van der Waals surface area contributed by atoms with E-state index in [1.807, 2.05) is 51.1 Å². The predicted octanol–water partition coefficient (Wildman–Crippen LogP) is 0.999. The van der Waals surface area contributed by atoms with Crippen LogP contribution in [-0.2, 0) is 25.5 Å². The summed E-state index contributed by atoms with van der Waals surface area (Å²) < 4.78 is 6.41. The van der Waals surface area contributed by atoms with Crippen molar-refractivity contribution in [2.24, 2.45) is 11.8 Å². The van der Waals surface area contributed by atoms with E-state index in [-0.39, 0.29) is 29.2 Å². The highest BCUT2D eigenvalue weighted by Crippen LogP contribution is 2.60. The predicted molar refractivity (Wildman–Crippen MR) is 126 cm³/mol. The van der Waals surface area contributed by atoms with Gasteiger partial charge in [-0.2, -0.15) is 0 Å². The van der Waals surface area contributed by atoms with Gasteiger partial charge in [-0.25, -0.2) is 0 Å². The van der Waals surface area contributed by atoms with Crippen LogP contribution in [0.4, 0.5) is 0 Å². The molecule has 0 aliphatic carbocycles. The van der Waals surface area contributed by atoms with Crippen LogP contribution in [0.25, 0.3) is 0 Å². The highest BCUT2D eigenvalue weighted by molar-refractivity contribution is 9.09. The lowest BCUT2D eigenvalue weighted by molar-refractivity contribution is -0.146. The van der Waals surface area contributed by atoms with Crippen LogP contribution in [0.3, 0.4) is 0 Å². The van der Waals surface area contributed by atoms with Crippen molar-refractivity contribution >= 4 is 33.7 Å². The van der Waals surface area contributed by atoms with Gasteiger partial charge in [-0.3, -0.25) is 14.4 Å². The van der Waals surface area contributed by atoms with E-state index in [1.165, 1.54) is 11.9 Å². The first-order valence-corrected chi connectivity index (χ1v) is 12.3. The number of benzene rings is 1. The van der Waals surface area contributed by atoms with E-state index in [2.05, 4.69) is 26.6 Å². The number of rotatable bonds is 6. The van der Waals surface area contributed by atoms with E-state index in [4.69, 9.17) is 4.74 Å². The Kier molecular flexibility index (Phi) is 6.35. The van der Waals surface area contributed by atoms with Gasteiger partial charge in [0.15, 0.2) is 0 Å². The smallest absolute Gasteiger partial charge is 0.246 e. The van der Waals surface area contributed by atoms with Crippen LogP contribution in [0.5, 0.6) is 0 Å². The molecule has 0 aromatic heterocycles. The SMILES string of the molecule is CNC(=O)[C@H]1[C@@H]2OC3(CC2Br)C(C(=O)NC(C)(C)C)N([C@@H](CO)Cc2ccccc2)C(=O)[C@H]13. The number of fused-ring (bicyclic) bond motifs is 1. The number of aliphatic hydroxyl groups excluding tert-OH is 1. The number of halogens is 1. The third-order valence-electron chi connectivity index (χ3n) is 6.94. The molecule has 1 aromatic rings. The molecule has 3 N–H and O–H groups in total. The second kappa shape index (κ2) is 8.67. The summed E-state index contributed by atoms with van der Waals surface area (Å²) in [6, 6.07) is 7.97. The first kappa shape index (κ1) is 24.2. The molecule has 9 heteroatoms. The highest BCUT2D eigenvalue weighted by atomic mass is 79.9. The quantitative estimate of drug-likeness (QED) is 0.484. The van der Waals surface area contributed by atoms with Gasteiger partial charge in [0.05, 0.1) is 30.6 Å². The average molecular weight is 522 g/mol. The number of hydrogen-bond donors (Lipinski definition) is 3. The maximum atomic E-state index is 13.9. The molecule has 180 valence electrons. The Morgan fingerprint density at radius 2 is 1.94 bits per heavy atom. The minimum absolute atomic E-state index is 0.157. The molecule has 3 saturated heterocycles. The van der Waals surface area contributed by atoms with Crippen LogP contribution < -0.4 is 10.6 Å². The van der Waals surface area contributed by atoms with Gasteiger partial charge in [0.25, 0.3) is 0 Å². The number of carbonyl (C=O) groups is 3. The third kappa shape index (κ3) is 3.98. The summed E-state index contributed by atoms with van der Waals surface area (Å²) in [6.45, 7) is 5.32. The van der Waals surface area contributed by atoms with Gasteiger partial charge >= 0.3 is 0 Å². The van der Waals surface area contributed by atoms with Crippen LogP contribution in [0.1, 0.15) is 32.8 Å². The van der Waals surface area contributed by atoms with Gasteiger partial charge in [-0.15, -0.1) is 0 Å². The fourth-order valence-corrected chi connectivity index (χ4v) is 6.74. The fraction of sp³-hybridized carbons (Fsp3) is 0.625. The topological polar surface area (TPSA) is 108 Å². The van der Waals surface area contributed by atoms with Gasteiger partial charge in [-0.05, 0) is 39.2 Å². The van der Waals surface area contributed by atoms with Crippen molar-refractivity contribution < 1.29 is 24.2 Å². The number of amides is 3. The molecule has 1 spiro atoms. The fourth-order valence-electron chi connectivity index (χ4n) is 5.80. The molecule has 3 amide bonds. The summed E-state index contributed by atoms with van der Waals surface area (Å²) in [7, 11) is 1.54. The standard InChI is InChI=1S/C24H32BrN3O5/c1-23(2,3)27-21(31)19-24-11-15(25)18(33-24)16(20(30)26-4)17(24)22(32)28(19)14(12-29)10-13-8-6-5-7-9-13/h5-9,14-19,29H,10-12H2,1-4H3,(H,26,30)(H,27,31)/t14-,15?,16-,17+,18-,19?,24?/m1/s1. The number of likely N-dealkylation sites (tertiary alicyclic amines) is 1. The minimum atomic E-state index is -1.13. The summed E-state index contributed by atoms with van der Waals surface area (Å²) in [4.78, 5) is 41.8. The summed E-state index contributed by atoms with van der Waals surface area (Å²) in [5.74, 6) is -2.40. The molecule has 0 saturated carbocycles. The molecule has 3 unspecified atom stereocenters. The first-order chi connectivity index (χ1) is 15.5. The lowest BCUT2D eigenvalue weighted by Crippen LogP contribution is -2.60. The number of nitrogens with one attached hydrogen (secondary N) is 2. The van der Waals surface area contributed by atoms with E-state index >= 15 is 0 Å². The molecule has 3 fully saturated rings. The minimum Gasteiger partial charge on any atom is -0.394 e. The van der Waals surface area contributed by atoms with E-state index in [0.717, 1.165) is 5.56 Å². The van der Waals surface area contributed by atoms with Crippen molar-refractivity contribution in [3.05, 3.63) is 35.9 Å². The molecule has 0 radical (unpaired) electrons. The Labute approximate surface area is 202 Å². The largest absolute Gasteiger partial charge is 0.394 e. The Bertz CT molecular complexity index is 936. The maximum Gasteiger partial charge on any atom is 0.246 e. The molecule has 3 heterocycles. The lowest BCUT2D eigenvalue weighted by Gasteiger charge is -2.38. The van der Waals surface area contributed by atoms with Crippen LogP contribution in [0.15, 0.2) is 30.3 Å². The zero-order chi connectivity index (χ0) is 24.1. The van der Waals surface area contributed by atoms with E-state index in [0.29, 0.717) is 12.8 Å². The number of nitrogens with zero attached hydrogens (tertiary/aromatic N) is 1. The maximum absolute atomic E-state index is 13.9. The summed E-state index contributed by atoms with van der Waals surface area (Å²) in [6.07, 6.45) is 0.327. The van der Waals surface area contributed by atoms with Crippen LogP contribution in [0, 0.1) is 11.8 Å². The van der Waals surface area contributed by atoms with Gasteiger partial charge < -0.3 is 25.4 Å². The number of ether oxygens (including phenoxy) is 1. The third-order valence-corrected chi connectivity index (χ3v) is 7.79. The molecule has 4 rings (SSSR count). The summed E-state index contributed by atoms with van der Waals surface area (Å²) in [5, 5.41) is 16.0. The molecule has 7 atom stereocenters. The monoisotopic (exact) mass is 521 g/mol. The molecule has 3 aliphatic rings. The zero-order valence-electron chi connectivity index (χ0n) is 19.4. The van der Waals surface area contributed by atoms with Gasteiger partial charge in [0, 0.05) is 17.4 Å². The lowest BCUT2D eigenvalue weighted by atomic mass is 9.70. The zero-order valence-corrected chi connectivity index (χ0v) is 21.0. The molecule has 2 bridgehead atoms. The number of alkyl halides is 1. The Hall–Kier alpha value is -1.97. The molecule has 8 nitrogen and oxygen atoms in total. The summed E-state index contributed by atoms with van der Waals surface area (Å²) in [5.41, 5.74) is -0.716. The molecular weight excluding hydrogens is 490 g/mol. The van der Waals surface area contributed by atoms with Crippen molar-refractivity contribution in [2.45, 2.75) is 67.8 Å². The molecule has 3 aliphatic heterocycles. The Balaban J connectivity index is 1.78. The highest BCUT2D eigenvalue weighted by Gasteiger charge is 2.77. The van der Waals surface area contributed by atoms with Crippen molar-refractivity contribution in [1.82, 2.24) is 15.5 Å².